The molecule has 1 aliphatic rings. The molecule has 0 amide bonds. The zero-order valence-electron chi connectivity index (χ0n) is 16.3. The maximum atomic E-state index is 12.7. The van der Waals surface area contributed by atoms with Crippen LogP contribution in [-0.2, 0) is 22.6 Å². The first-order valence-corrected chi connectivity index (χ1v) is 10.7. The first kappa shape index (κ1) is 20.5. The Hall–Kier alpha value is -2.81. The molecule has 3 aromatic rings. The summed E-state index contributed by atoms with van der Waals surface area (Å²) in [5.41, 5.74) is 1.05. The third-order valence-electron chi connectivity index (χ3n) is 5.03. The van der Waals surface area contributed by atoms with Crippen molar-refractivity contribution in [3.05, 3.63) is 65.9 Å². The van der Waals surface area contributed by atoms with E-state index in [4.69, 9.17) is 4.74 Å². The molecule has 158 valence electrons. The van der Waals surface area contributed by atoms with Gasteiger partial charge in [-0.2, -0.15) is 30.8 Å². The number of nitrogens with zero attached hydrogens (tertiary/aromatic N) is 2. The van der Waals surface area contributed by atoms with E-state index in [2.05, 4.69) is 5.10 Å². The van der Waals surface area contributed by atoms with Crippen molar-refractivity contribution in [2.45, 2.75) is 43.4 Å². The van der Waals surface area contributed by atoms with Crippen LogP contribution >= 0.6 is 0 Å². The van der Waals surface area contributed by atoms with Gasteiger partial charge in [0.05, 0.1) is 16.2 Å². The molecule has 0 unspecified atom stereocenters. The minimum Gasteiger partial charge on any atom is -0.488 e. The summed E-state index contributed by atoms with van der Waals surface area (Å²) in [6, 6.07) is 10.4. The highest BCUT2D eigenvalue weighted by Gasteiger charge is 2.31. The lowest BCUT2D eigenvalue weighted by Crippen LogP contribution is -2.32. The van der Waals surface area contributed by atoms with Gasteiger partial charge in [-0.3, -0.25) is 0 Å². The number of aryl methyl sites for hydroxylation is 1. The molecule has 0 atom stereocenters. The molecule has 1 aromatic heterocycles. The summed E-state index contributed by atoms with van der Waals surface area (Å²) in [5.74, 6) is 0.798. The Labute approximate surface area is 172 Å². The van der Waals surface area contributed by atoms with Gasteiger partial charge in [0.1, 0.15) is 11.4 Å². The van der Waals surface area contributed by atoms with Crippen LogP contribution in [0, 0.1) is 0 Å². The highest BCUT2D eigenvalue weighted by atomic mass is 32.2. The molecule has 0 aliphatic carbocycles. The van der Waals surface area contributed by atoms with E-state index >= 15 is 0 Å². The second kappa shape index (κ2) is 6.87. The summed E-state index contributed by atoms with van der Waals surface area (Å²) in [5, 5.41) is 4.14. The van der Waals surface area contributed by atoms with E-state index in [-0.39, 0.29) is 10.5 Å². The molecule has 0 spiro atoms. The van der Waals surface area contributed by atoms with Crippen LogP contribution in [-0.4, -0.2) is 23.2 Å². The predicted molar refractivity (Wildman–Crippen MR) is 105 cm³/mol. The van der Waals surface area contributed by atoms with Gasteiger partial charge >= 0.3 is 6.18 Å². The van der Waals surface area contributed by atoms with Crippen molar-refractivity contribution in [2.24, 2.45) is 0 Å². The standard InChI is InChI=1S/C21H19F3N2O3S/c1-20(2)11-9-15-13-14(3-8-19(15)29-20)18-10-12-26(25-18)30(27,28)17-6-4-16(5-7-17)21(22,23)24/h3-8,10,12-13H,9,11H2,1-2H3. The van der Waals surface area contributed by atoms with Gasteiger partial charge in [0.15, 0.2) is 0 Å². The number of aromatic nitrogens is 2. The van der Waals surface area contributed by atoms with Gasteiger partial charge in [0, 0.05) is 11.8 Å². The quantitative estimate of drug-likeness (QED) is 0.585. The molecule has 0 fully saturated rings. The summed E-state index contributed by atoms with van der Waals surface area (Å²) >= 11 is 0. The van der Waals surface area contributed by atoms with Crippen molar-refractivity contribution in [2.75, 3.05) is 0 Å². The van der Waals surface area contributed by atoms with E-state index in [0.29, 0.717) is 5.69 Å². The Kier molecular flexibility index (Phi) is 4.68. The van der Waals surface area contributed by atoms with Crippen LogP contribution in [0.25, 0.3) is 11.3 Å². The maximum absolute atomic E-state index is 12.7. The maximum Gasteiger partial charge on any atom is 0.416 e. The number of hydrogen-bond acceptors (Lipinski definition) is 4. The summed E-state index contributed by atoms with van der Waals surface area (Å²) in [4.78, 5) is -0.272. The summed E-state index contributed by atoms with van der Waals surface area (Å²) in [6.07, 6.45) is -1.56. The van der Waals surface area contributed by atoms with Gasteiger partial charge in [-0.1, -0.05) is 0 Å². The monoisotopic (exact) mass is 436 g/mol. The van der Waals surface area contributed by atoms with E-state index in [0.717, 1.165) is 58.1 Å². The minimum absolute atomic E-state index is 0.230. The van der Waals surface area contributed by atoms with E-state index in [1.807, 2.05) is 26.0 Å². The number of alkyl halides is 3. The lowest BCUT2D eigenvalue weighted by Gasteiger charge is -2.32. The molecule has 0 radical (unpaired) electrons. The van der Waals surface area contributed by atoms with Crippen LogP contribution in [0.1, 0.15) is 31.4 Å². The molecule has 9 heteroatoms. The Balaban J connectivity index is 1.63. The van der Waals surface area contributed by atoms with Gasteiger partial charge in [-0.25, -0.2) is 0 Å². The van der Waals surface area contributed by atoms with Gasteiger partial charge in [0.2, 0.25) is 0 Å². The fourth-order valence-corrected chi connectivity index (χ4v) is 4.45. The van der Waals surface area contributed by atoms with Crippen molar-refractivity contribution < 1.29 is 26.3 Å². The minimum atomic E-state index is -4.54. The average molecular weight is 436 g/mol. The van der Waals surface area contributed by atoms with Crippen LogP contribution in [0.4, 0.5) is 13.2 Å². The molecule has 0 bridgehead atoms. The molecule has 0 saturated carbocycles. The number of fused-ring (bicyclic) bond motifs is 1. The zero-order valence-corrected chi connectivity index (χ0v) is 17.1. The van der Waals surface area contributed by atoms with Crippen LogP contribution in [0.3, 0.4) is 0 Å². The van der Waals surface area contributed by atoms with Crippen molar-refractivity contribution in [1.29, 1.82) is 0 Å². The number of benzene rings is 2. The first-order chi connectivity index (χ1) is 14.0. The molecule has 2 aromatic carbocycles. The Morgan fingerprint density at radius 3 is 2.43 bits per heavy atom. The van der Waals surface area contributed by atoms with Crippen molar-refractivity contribution in [3.8, 4) is 17.0 Å². The van der Waals surface area contributed by atoms with Gasteiger partial charge in [0.25, 0.3) is 10.0 Å². The fourth-order valence-electron chi connectivity index (χ4n) is 3.34. The van der Waals surface area contributed by atoms with Crippen LogP contribution < -0.4 is 4.74 Å². The summed E-state index contributed by atoms with van der Waals surface area (Å²) in [6.45, 7) is 4.05. The molecular formula is C21H19F3N2O3S. The van der Waals surface area contributed by atoms with E-state index in [1.54, 1.807) is 12.1 Å². The lowest BCUT2D eigenvalue weighted by atomic mass is 9.93. The van der Waals surface area contributed by atoms with Gasteiger partial charge in [-0.15, -0.1) is 0 Å². The molecular weight excluding hydrogens is 417 g/mol. The second-order valence-electron chi connectivity index (χ2n) is 7.78. The van der Waals surface area contributed by atoms with E-state index in [9.17, 15) is 21.6 Å². The first-order valence-electron chi connectivity index (χ1n) is 9.27. The Morgan fingerprint density at radius 1 is 1.07 bits per heavy atom. The number of hydrogen-bond donors (Lipinski definition) is 0. The predicted octanol–water partition coefficient (Wildman–Crippen LogP) is 4.91. The lowest BCUT2D eigenvalue weighted by molar-refractivity contribution is -0.137. The summed E-state index contributed by atoms with van der Waals surface area (Å²) < 4.78 is 70.4. The second-order valence-corrected chi connectivity index (χ2v) is 9.58. The molecule has 0 N–H and O–H groups in total. The largest absolute Gasteiger partial charge is 0.488 e. The third-order valence-corrected chi connectivity index (χ3v) is 6.59. The van der Waals surface area contributed by atoms with Crippen LogP contribution in [0.5, 0.6) is 5.75 Å². The highest BCUT2D eigenvalue weighted by Crippen LogP contribution is 2.35. The molecule has 1 aliphatic heterocycles. The Morgan fingerprint density at radius 2 is 1.77 bits per heavy atom. The third kappa shape index (κ3) is 3.81. The van der Waals surface area contributed by atoms with Gasteiger partial charge < -0.3 is 4.74 Å². The van der Waals surface area contributed by atoms with Crippen LogP contribution in [0.2, 0.25) is 0 Å². The van der Waals surface area contributed by atoms with Crippen molar-refractivity contribution in [1.82, 2.24) is 9.19 Å². The Bertz CT molecular complexity index is 1200. The molecule has 0 saturated heterocycles. The number of rotatable bonds is 3. The fraction of sp³-hybridized carbons (Fsp3) is 0.286. The molecule has 30 heavy (non-hydrogen) atoms. The normalized spacial score (nSPS) is 16.0. The summed E-state index contributed by atoms with van der Waals surface area (Å²) in [7, 11) is -4.11. The van der Waals surface area contributed by atoms with Crippen molar-refractivity contribution in [3.63, 3.8) is 0 Å². The van der Waals surface area contributed by atoms with E-state index in [1.165, 1.54) is 6.20 Å². The molecule has 5 nitrogen and oxygen atoms in total. The molecule has 4 rings (SSSR count). The van der Waals surface area contributed by atoms with Crippen LogP contribution in [0.15, 0.2) is 59.6 Å². The van der Waals surface area contributed by atoms with Crippen molar-refractivity contribution >= 4 is 10.0 Å². The van der Waals surface area contributed by atoms with Gasteiger partial charge in [-0.05, 0) is 80.8 Å². The highest BCUT2D eigenvalue weighted by molar-refractivity contribution is 7.89. The average Bonchev–Trinajstić information content (AvgIpc) is 3.17. The number of halogens is 3. The smallest absolute Gasteiger partial charge is 0.416 e. The number of ether oxygens (including phenoxy) is 1. The topological polar surface area (TPSA) is 61.2 Å². The zero-order chi connectivity index (χ0) is 21.7. The van der Waals surface area contributed by atoms with E-state index < -0.39 is 21.8 Å². The SMILES string of the molecule is CC1(C)CCc2cc(-c3ccn(S(=O)(=O)c4ccc(C(F)(F)F)cc4)n3)ccc2O1. The molecule has 2 heterocycles.